The van der Waals surface area contributed by atoms with Gasteiger partial charge >= 0.3 is 5.97 Å². The maximum atomic E-state index is 11.4. The molecule has 0 saturated carbocycles. The van der Waals surface area contributed by atoms with Crippen LogP contribution in [0.15, 0.2) is 18.2 Å². The molecule has 0 spiro atoms. The fraction of sp³-hybridized carbons (Fsp3) is 0.167. The van der Waals surface area contributed by atoms with Crippen LogP contribution in [0.3, 0.4) is 0 Å². The Kier molecular flexibility index (Phi) is 4.64. The van der Waals surface area contributed by atoms with Crippen molar-refractivity contribution in [2.24, 2.45) is 0 Å². The van der Waals surface area contributed by atoms with E-state index in [2.05, 4.69) is 37.6 Å². The molecule has 1 aromatic heterocycles. The average molecular weight is 409 g/mol. The summed E-state index contributed by atoms with van der Waals surface area (Å²) in [6.07, 6.45) is 0. The lowest BCUT2D eigenvalue weighted by molar-refractivity contribution is 0.0606. The molecule has 0 aliphatic carbocycles. The van der Waals surface area contributed by atoms with Gasteiger partial charge in [0.2, 0.25) is 0 Å². The lowest BCUT2D eigenvalue weighted by Crippen LogP contribution is -1.98. The van der Waals surface area contributed by atoms with E-state index in [4.69, 9.17) is 11.6 Å². The van der Waals surface area contributed by atoms with Gasteiger partial charge in [0.25, 0.3) is 0 Å². The van der Waals surface area contributed by atoms with Gasteiger partial charge in [-0.3, -0.25) is 0 Å². The molecule has 0 bridgehead atoms. The standard InChI is InChI=1S/C12H10ClIN2O2S/c1-6-3-4-7(5-8(6)14)15-12-16-10(13)9(19-12)11(17)18-2/h3-5H,1-2H3,(H,15,16). The Bertz CT molecular complexity index is 630. The third kappa shape index (κ3) is 3.37. The highest BCUT2D eigenvalue weighted by atomic mass is 127. The number of ether oxygens (including phenoxy) is 1. The van der Waals surface area contributed by atoms with E-state index in [1.165, 1.54) is 24.0 Å². The second-order valence-electron chi connectivity index (χ2n) is 3.72. The lowest BCUT2D eigenvalue weighted by Gasteiger charge is -2.04. The summed E-state index contributed by atoms with van der Waals surface area (Å²) in [5.74, 6) is -0.478. The number of nitrogens with one attached hydrogen (secondary N) is 1. The molecular weight excluding hydrogens is 399 g/mol. The summed E-state index contributed by atoms with van der Waals surface area (Å²) in [7, 11) is 1.31. The third-order valence-electron chi connectivity index (χ3n) is 2.38. The Labute approximate surface area is 133 Å². The molecule has 0 amide bonds. The molecule has 7 heteroatoms. The predicted octanol–water partition coefficient (Wildman–Crippen LogP) is 4.24. The monoisotopic (exact) mass is 408 g/mol. The van der Waals surface area contributed by atoms with Crippen LogP contribution < -0.4 is 5.32 Å². The number of aryl methyl sites for hydroxylation is 1. The molecule has 0 aliphatic rings. The molecule has 1 N–H and O–H groups in total. The highest BCUT2D eigenvalue weighted by Gasteiger charge is 2.17. The van der Waals surface area contributed by atoms with Gasteiger partial charge in [-0.25, -0.2) is 9.78 Å². The smallest absolute Gasteiger partial charge is 0.351 e. The highest BCUT2D eigenvalue weighted by molar-refractivity contribution is 14.1. The van der Waals surface area contributed by atoms with Gasteiger partial charge in [0, 0.05) is 9.26 Å². The van der Waals surface area contributed by atoms with Crippen LogP contribution in [0, 0.1) is 10.5 Å². The SMILES string of the molecule is COC(=O)c1sc(Nc2ccc(C)c(I)c2)nc1Cl. The lowest BCUT2D eigenvalue weighted by atomic mass is 10.2. The van der Waals surface area contributed by atoms with Gasteiger partial charge in [0.1, 0.15) is 0 Å². The van der Waals surface area contributed by atoms with E-state index in [9.17, 15) is 4.79 Å². The zero-order valence-electron chi connectivity index (χ0n) is 10.2. The van der Waals surface area contributed by atoms with E-state index >= 15 is 0 Å². The van der Waals surface area contributed by atoms with Crippen molar-refractivity contribution in [3.63, 3.8) is 0 Å². The first-order valence-corrected chi connectivity index (χ1v) is 7.56. The normalized spacial score (nSPS) is 10.3. The van der Waals surface area contributed by atoms with Crippen LogP contribution in [0.4, 0.5) is 10.8 Å². The minimum absolute atomic E-state index is 0.154. The first kappa shape index (κ1) is 14.5. The third-order valence-corrected chi connectivity index (χ3v) is 4.88. The molecule has 19 heavy (non-hydrogen) atoms. The number of rotatable bonds is 3. The number of anilines is 2. The van der Waals surface area contributed by atoms with Crippen LogP contribution in [-0.4, -0.2) is 18.1 Å². The van der Waals surface area contributed by atoms with E-state index in [0.29, 0.717) is 10.0 Å². The molecular formula is C12H10ClIN2O2S. The number of aromatic nitrogens is 1. The van der Waals surface area contributed by atoms with Crippen molar-refractivity contribution in [2.75, 3.05) is 12.4 Å². The molecule has 0 atom stereocenters. The number of methoxy groups -OCH3 is 1. The molecule has 100 valence electrons. The number of nitrogens with zero attached hydrogens (tertiary/aromatic N) is 1. The minimum atomic E-state index is -0.478. The molecule has 0 fully saturated rings. The number of carbonyl (C=O) groups excluding carboxylic acids is 1. The van der Waals surface area contributed by atoms with E-state index in [-0.39, 0.29) is 5.15 Å². The summed E-state index contributed by atoms with van der Waals surface area (Å²) >= 11 is 9.33. The second kappa shape index (κ2) is 6.06. The first-order chi connectivity index (χ1) is 9.01. The van der Waals surface area contributed by atoms with Crippen LogP contribution in [0.5, 0.6) is 0 Å². The predicted molar refractivity (Wildman–Crippen MR) is 85.6 cm³/mol. The molecule has 2 rings (SSSR count). The quantitative estimate of drug-likeness (QED) is 0.610. The van der Waals surface area contributed by atoms with Gasteiger partial charge in [-0.15, -0.1) is 0 Å². The zero-order valence-corrected chi connectivity index (χ0v) is 13.9. The van der Waals surface area contributed by atoms with Crippen molar-refractivity contribution >= 4 is 62.3 Å². The van der Waals surface area contributed by atoms with E-state index in [1.54, 1.807) is 0 Å². The van der Waals surface area contributed by atoms with Crippen LogP contribution in [-0.2, 0) is 4.74 Å². The van der Waals surface area contributed by atoms with Crippen LogP contribution >= 0.6 is 45.5 Å². The molecule has 1 aromatic carbocycles. The maximum absolute atomic E-state index is 11.4. The van der Waals surface area contributed by atoms with E-state index in [0.717, 1.165) is 9.26 Å². The van der Waals surface area contributed by atoms with Crippen molar-refractivity contribution in [3.05, 3.63) is 37.4 Å². The molecule has 2 aromatic rings. The van der Waals surface area contributed by atoms with Crippen molar-refractivity contribution in [1.29, 1.82) is 0 Å². The van der Waals surface area contributed by atoms with Gasteiger partial charge in [0.05, 0.1) is 7.11 Å². The summed E-state index contributed by atoms with van der Waals surface area (Å²) in [6, 6.07) is 5.97. The number of carbonyl (C=O) groups is 1. The topological polar surface area (TPSA) is 51.2 Å². The highest BCUT2D eigenvalue weighted by Crippen LogP contribution is 2.30. The van der Waals surface area contributed by atoms with Gasteiger partial charge < -0.3 is 10.1 Å². The summed E-state index contributed by atoms with van der Waals surface area (Å²) in [5.41, 5.74) is 2.11. The molecule has 0 saturated heterocycles. The molecule has 0 radical (unpaired) electrons. The molecule has 0 unspecified atom stereocenters. The van der Waals surface area contributed by atoms with Gasteiger partial charge in [-0.2, -0.15) is 0 Å². The van der Waals surface area contributed by atoms with Crippen molar-refractivity contribution in [3.8, 4) is 0 Å². The maximum Gasteiger partial charge on any atom is 0.351 e. The summed E-state index contributed by atoms with van der Waals surface area (Å²) in [5, 5.41) is 3.84. The number of hydrogen-bond acceptors (Lipinski definition) is 5. The zero-order chi connectivity index (χ0) is 14.0. The largest absolute Gasteiger partial charge is 0.465 e. The van der Waals surface area contributed by atoms with Crippen LogP contribution in [0.25, 0.3) is 0 Å². The fourth-order valence-corrected chi connectivity index (χ4v) is 3.01. The summed E-state index contributed by atoms with van der Waals surface area (Å²) in [6.45, 7) is 2.04. The van der Waals surface area contributed by atoms with E-state index < -0.39 is 5.97 Å². The molecule has 4 nitrogen and oxygen atoms in total. The first-order valence-electron chi connectivity index (χ1n) is 5.29. The van der Waals surface area contributed by atoms with Crippen molar-refractivity contribution < 1.29 is 9.53 Å². The number of hydrogen-bond donors (Lipinski definition) is 1. The van der Waals surface area contributed by atoms with Crippen molar-refractivity contribution in [2.45, 2.75) is 6.92 Å². The number of esters is 1. The Balaban J connectivity index is 2.24. The number of halogens is 2. The van der Waals surface area contributed by atoms with Crippen molar-refractivity contribution in [1.82, 2.24) is 4.98 Å². The Morgan fingerprint density at radius 1 is 1.53 bits per heavy atom. The summed E-state index contributed by atoms with van der Waals surface area (Å²) < 4.78 is 5.78. The van der Waals surface area contributed by atoms with Gasteiger partial charge in [0.15, 0.2) is 15.2 Å². The van der Waals surface area contributed by atoms with E-state index in [1.807, 2.05) is 25.1 Å². The number of benzene rings is 1. The van der Waals surface area contributed by atoms with Crippen LogP contribution in [0.2, 0.25) is 5.15 Å². The fourth-order valence-electron chi connectivity index (χ4n) is 1.37. The molecule has 1 heterocycles. The van der Waals surface area contributed by atoms with Crippen LogP contribution in [0.1, 0.15) is 15.2 Å². The summed E-state index contributed by atoms with van der Waals surface area (Å²) in [4.78, 5) is 15.8. The Morgan fingerprint density at radius 3 is 2.89 bits per heavy atom. The van der Waals surface area contributed by atoms with Gasteiger partial charge in [-0.05, 0) is 47.2 Å². The average Bonchev–Trinajstić information content (AvgIpc) is 2.74. The minimum Gasteiger partial charge on any atom is -0.465 e. The Hall–Kier alpha value is -0.860. The van der Waals surface area contributed by atoms with Gasteiger partial charge in [-0.1, -0.05) is 29.0 Å². The molecule has 0 aliphatic heterocycles. The number of thiazole rings is 1. The Morgan fingerprint density at radius 2 is 2.26 bits per heavy atom. The second-order valence-corrected chi connectivity index (χ2v) is 6.24.